The molecule has 2 aliphatic rings. The normalized spacial score (nSPS) is 23.5. The quantitative estimate of drug-likeness (QED) is 0.160. The van der Waals surface area contributed by atoms with Crippen molar-refractivity contribution in [2.45, 2.75) is 90.4 Å². The zero-order valence-electron chi connectivity index (χ0n) is 20.5. The molecule has 0 spiro atoms. The third-order valence-electron chi connectivity index (χ3n) is 7.63. The van der Waals surface area contributed by atoms with E-state index in [0.717, 1.165) is 12.8 Å². The van der Waals surface area contributed by atoms with Crippen LogP contribution in [-0.2, 0) is 11.2 Å². The lowest BCUT2D eigenvalue weighted by Crippen LogP contribution is -2.26. The number of hydrogen-bond donors (Lipinski definition) is 0. The summed E-state index contributed by atoms with van der Waals surface area (Å²) in [6, 6.07) is 5.71. The Hall–Kier alpha value is -2.37. The van der Waals surface area contributed by atoms with E-state index < -0.39 is 41.3 Å². The summed E-state index contributed by atoms with van der Waals surface area (Å²) in [5.74, 6) is -2.52. The number of benzene rings is 2. The second-order valence-electron chi connectivity index (χ2n) is 10.0. The first kappa shape index (κ1) is 25.7. The molecule has 0 aromatic heterocycles. The number of hydrogen-bond acceptors (Lipinski definition) is 2. The Morgan fingerprint density at radius 2 is 1.49 bits per heavy atom. The van der Waals surface area contributed by atoms with Gasteiger partial charge in [-0.3, -0.25) is 4.79 Å². The van der Waals surface area contributed by atoms with Gasteiger partial charge in [-0.1, -0.05) is 64.2 Å². The van der Waals surface area contributed by atoms with Crippen LogP contribution in [0.25, 0.3) is 11.1 Å². The third-order valence-corrected chi connectivity index (χ3v) is 7.63. The largest absolute Gasteiger partial charge is 0.423 e. The number of aryl methyl sites for hydroxylation is 1. The lowest BCUT2D eigenvalue weighted by molar-refractivity contribution is -0.140. The first-order valence-electron chi connectivity index (χ1n) is 13.0. The van der Waals surface area contributed by atoms with E-state index in [0.29, 0.717) is 37.2 Å². The van der Waals surface area contributed by atoms with Gasteiger partial charge in [0.1, 0.15) is 5.82 Å². The van der Waals surface area contributed by atoms with Gasteiger partial charge in [-0.2, -0.15) is 0 Å². The van der Waals surface area contributed by atoms with E-state index in [9.17, 15) is 9.18 Å². The van der Waals surface area contributed by atoms with Crippen molar-refractivity contribution >= 4 is 5.97 Å². The molecular formula is C29H34F4O2. The highest BCUT2D eigenvalue weighted by atomic mass is 19.2. The van der Waals surface area contributed by atoms with Gasteiger partial charge < -0.3 is 4.74 Å². The molecule has 2 aromatic carbocycles. The van der Waals surface area contributed by atoms with Gasteiger partial charge in [0, 0.05) is 11.1 Å². The Labute approximate surface area is 205 Å². The van der Waals surface area contributed by atoms with Gasteiger partial charge in [0.15, 0.2) is 23.9 Å². The Kier molecular flexibility index (Phi) is 8.18. The van der Waals surface area contributed by atoms with Crippen molar-refractivity contribution < 1.29 is 27.1 Å². The van der Waals surface area contributed by atoms with Crippen LogP contribution in [0.1, 0.15) is 101 Å². The molecule has 35 heavy (non-hydrogen) atoms. The summed E-state index contributed by atoms with van der Waals surface area (Å²) in [5.41, 5.74) is -0.339. The van der Waals surface area contributed by atoms with E-state index in [1.165, 1.54) is 49.9 Å². The fourth-order valence-corrected chi connectivity index (χ4v) is 5.62. The van der Waals surface area contributed by atoms with E-state index in [2.05, 4.69) is 6.92 Å². The number of fused-ring (bicyclic) bond motifs is 3. The minimum absolute atomic E-state index is 0.0910. The molecule has 2 aromatic rings. The first-order valence-corrected chi connectivity index (χ1v) is 13.0. The van der Waals surface area contributed by atoms with Crippen LogP contribution in [-0.4, -0.2) is 5.97 Å². The highest BCUT2D eigenvalue weighted by Gasteiger charge is 2.40. The number of halogens is 4. The lowest BCUT2D eigenvalue weighted by Gasteiger charge is -2.29. The van der Waals surface area contributed by atoms with Crippen molar-refractivity contribution in [3.05, 3.63) is 52.6 Å². The summed E-state index contributed by atoms with van der Waals surface area (Å²) in [7, 11) is 0. The van der Waals surface area contributed by atoms with Crippen molar-refractivity contribution in [2.75, 3.05) is 0 Å². The fourth-order valence-electron chi connectivity index (χ4n) is 5.62. The Balaban J connectivity index is 1.52. The average molecular weight is 491 g/mol. The van der Waals surface area contributed by atoms with Crippen molar-refractivity contribution in [3.63, 3.8) is 0 Å². The van der Waals surface area contributed by atoms with Gasteiger partial charge in [-0.25, -0.2) is 17.6 Å². The van der Waals surface area contributed by atoms with Crippen molar-refractivity contribution in [3.8, 4) is 16.9 Å². The number of carbonyl (C=O) groups excluding carboxylic acids is 1. The lowest BCUT2D eigenvalue weighted by atomic mass is 9.79. The van der Waals surface area contributed by atoms with Crippen LogP contribution >= 0.6 is 0 Å². The first-order chi connectivity index (χ1) is 16.9. The molecule has 2 atom stereocenters. The van der Waals surface area contributed by atoms with Gasteiger partial charge in [0.25, 0.3) is 0 Å². The van der Waals surface area contributed by atoms with Gasteiger partial charge in [-0.05, 0) is 60.8 Å². The molecule has 2 nitrogen and oxygen atoms in total. The SMILES string of the molecule is CCCCCC1CCC(C(=O)Oc2ccc3c(c2F)C(F)C(F)c2c-3ccc(CCC)c2F)CC1. The monoisotopic (exact) mass is 490 g/mol. The van der Waals surface area contributed by atoms with E-state index in [-0.39, 0.29) is 22.6 Å². The number of esters is 1. The van der Waals surface area contributed by atoms with Gasteiger partial charge in [0.05, 0.1) is 5.92 Å². The molecule has 4 rings (SSSR count). The maximum atomic E-state index is 15.4. The van der Waals surface area contributed by atoms with E-state index in [1.807, 2.05) is 6.92 Å². The second-order valence-corrected chi connectivity index (χ2v) is 10.0. The maximum Gasteiger partial charge on any atom is 0.314 e. The van der Waals surface area contributed by atoms with Gasteiger partial charge in [0.2, 0.25) is 0 Å². The van der Waals surface area contributed by atoms with Crippen LogP contribution in [0, 0.1) is 23.5 Å². The summed E-state index contributed by atoms with van der Waals surface area (Å²) in [5, 5.41) is 0. The molecule has 0 heterocycles. The van der Waals surface area contributed by atoms with Crippen molar-refractivity contribution in [1.29, 1.82) is 0 Å². The van der Waals surface area contributed by atoms with Crippen molar-refractivity contribution in [2.24, 2.45) is 11.8 Å². The molecule has 0 radical (unpaired) electrons. The zero-order valence-corrected chi connectivity index (χ0v) is 20.5. The predicted molar refractivity (Wildman–Crippen MR) is 129 cm³/mol. The molecular weight excluding hydrogens is 456 g/mol. The third kappa shape index (κ3) is 5.12. The van der Waals surface area contributed by atoms with E-state index in [1.54, 1.807) is 0 Å². The molecule has 0 bridgehead atoms. The highest BCUT2D eigenvalue weighted by Crippen LogP contribution is 2.51. The summed E-state index contributed by atoms with van der Waals surface area (Å²) >= 11 is 0. The minimum Gasteiger partial charge on any atom is -0.423 e. The Morgan fingerprint density at radius 3 is 2.11 bits per heavy atom. The van der Waals surface area contributed by atoms with Crippen LogP contribution < -0.4 is 4.74 Å². The number of unbranched alkanes of at least 4 members (excludes halogenated alkanes) is 2. The predicted octanol–water partition coefficient (Wildman–Crippen LogP) is 8.91. The Morgan fingerprint density at radius 1 is 0.857 bits per heavy atom. The summed E-state index contributed by atoms with van der Waals surface area (Å²) < 4.78 is 65.9. The molecule has 2 unspecified atom stereocenters. The fraction of sp³-hybridized carbons (Fsp3) is 0.552. The summed E-state index contributed by atoms with van der Waals surface area (Å²) in [6.07, 6.45) is 4.35. The molecule has 0 N–H and O–H groups in total. The van der Waals surface area contributed by atoms with Crippen LogP contribution in [0.5, 0.6) is 5.75 Å². The molecule has 1 saturated carbocycles. The molecule has 0 amide bonds. The Bertz CT molecular complexity index is 1060. The minimum atomic E-state index is -2.39. The topological polar surface area (TPSA) is 26.3 Å². The van der Waals surface area contributed by atoms with Crippen LogP contribution in [0.15, 0.2) is 24.3 Å². The zero-order chi connectivity index (χ0) is 25.1. The van der Waals surface area contributed by atoms with Gasteiger partial charge in [-0.15, -0.1) is 0 Å². The highest BCUT2D eigenvalue weighted by molar-refractivity contribution is 5.79. The molecule has 0 saturated heterocycles. The van der Waals surface area contributed by atoms with Crippen LogP contribution in [0.2, 0.25) is 0 Å². The molecule has 2 aliphatic carbocycles. The number of rotatable bonds is 8. The molecule has 1 fully saturated rings. The number of carbonyl (C=O) groups is 1. The van der Waals surface area contributed by atoms with E-state index >= 15 is 13.2 Å². The molecule has 0 aliphatic heterocycles. The van der Waals surface area contributed by atoms with Crippen LogP contribution in [0.3, 0.4) is 0 Å². The van der Waals surface area contributed by atoms with E-state index in [4.69, 9.17) is 4.74 Å². The van der Waals surface area contributed by atoms with Gasteiger partial charge >= 0.3 is 5.97 Å². The number of alkyl halides is 2. The second kappa shape index (κ2) is 11.1. The summed E-state index contributed by atoms with van der Waals surface area (Å²) in [6.45, 7) is 4.04. The molecule has 6 heteroatoms. The smallest absolute Gasteiger partial charge is 0.314 e. The molecule has 190 valence electrons. The van der Waals surface area contributed by atoms with Crippen LogP contribution in [0.4, 0.5) is 17.6 Å². The maximum absolute atomic E-state index is 15.4. The average Bonchev–Trinajstić information content (AvgIpc) is 2.85. The number of ether oxygens (including phenoxy) is 1. The summed E-state index contributed by atoms with van der Waals surface area (Å²) in [4.78, 5) is 12.7. The standard InChI is InChI=1S/C29H34F4O2/c1-3-5-6-8-17-9-11-19(12-10-17)29(34)35-22-16-15-21-20-14-13-18(7-4-2)25(30)23(20)27(32)28(33)24(21)26(22)31/h13-17,19,27-28H,3-12H2,1-2H3. The van der Waals surface area contributed by atoms with Crippen molar-refractivity contribution in [1.82, 2.24) is 0 Å².